The highest BCUT2D eigenvalue weighted by molar-refractivity contribution is 5.18. The highest BCUT2D eigenvalue weighted by atomic mass is 17.0. The highest BCUT2D eigenvalue weighted by Crippen LogP contribution is 2.72. The zero-order valence-electron chi connectivity index (χ0n) is 10.8. The zero-order valence-corrected chi connectivity index (χ0v) is 10.8. The Bertz CT molecular complexity index is 285. The lowest BCUT2D eigenvalue weighted by molar-refractivity contribution is -0.109. The van der Waals surface area contributed by atoms with Crippen molar-refractivity contribution in [3.8, 4) is 0 Å². The first kappa shape index (κ1) is 11.0. The first-order valence-electron chi connectivity index (χ1n) is 6.96. The van der Waals surface area contributed by atoms with E-state index >= 15 is 0 Å². The van der Waals surface area contributed by atoms with Gasteiger partial charge in [-0.2, -0.15) is 0 Å². The quantitative estimate of drug-likeness (QED) is 0.678. The van der Waals surface area contributed by atoms with Gasteiger partial charge in [-0.25, -0.2) is 0 Å². The minimum absolute atomic E-state index is 0.133. The van der Waals surface area contributed by atoms with Crippen LogP contribution in [0.25, 0.3) is 0 Å². The Hall–Kier alpha value is -0.0800. The summed E-state index contributed by atoms with van der Waals surface area (Å²) >= 11 is 0. The van der Waals surface area contributed by atoms with Crippen LogP contribution in [0.1, 0.15) is 65.7 Å². The third-order valence-corrected chi connectivity index (χ3v) is 5.38. The molecule has 2 nitrogen and oxygen atoms in total. The molecule has 0 aromatic carbocycles. The number of ether oxygens (including phenoxy) is 2. The van der Waals surface area contributed by atoms with E-state index in [0.717, 1.165) is 18.8 Å². The summed E-state index contributed by atoms with van der Waals surface area (Å²) in [5.41, 5.74) is 0.532. The standard InChI is InChI=1S/C14H24O2/c1-4-13-14(15-13,16-13)10-11(2)12(3)8-6-5-7-9-12/h11H,4-10H2,1-3H3. The van der Waals surface area contributed by atoms with Crippen LogP contribution < -0.4 is 0 Å². The van der Waals surface area contributed by atoms with Crippen LogP contribution in [0.5, 0.6) is 0 Å². The SMILES string of the molecule is CCC12OC1(CC(C)C1(C)CCCCC1)O2. The predicted octanol–water partition coefficient (Wildman–Crippen LogP) is 3.85. The normalized spacial score (nSPS) is 45.9. The second kappa shape index (κ2) is 3.23. The Balaban J connectivity index is 1.59. The molecule has 2 heterocycles. The number of hydrogen-bond acceptors (Lipinski definition) is 2. The van der Waals surface area contributed by atoms with Gasteiger partial charge in [0.2, 0.25) is 11.6 Å². The maximum absolute atomic E-state index is 5.71. The van der Waals surface area contributed by atoms with Crippen molar-refractivity contribution in [2.45, 2.75) is 77.3 Å². The molecule has 1 atom stereocenters. The molecule has 0 radical (unpaired) electrons. The molecular weight excluding hydrogens is 200 g/mol. The molecule has 1 aliphatic carbocycles. The van der Waals surface area contributed by atoms with Gasteiger partial charge in [0.25, 0.3) is 0 Å². The topological polar surface area (TPSA) is 25.1 Å². The van der Waals surface area contributed by atoms with Crippen molar-refractivity contribution in [2.24, 2.45) is 11.3 Å². The van der Waals surface area contributed by atoms with Gasteiger partial charge in [0.05, 0.1) is 0 Å². The summed E-state index contributed by atoms with van der Waals surface area (Å²) < 4.78 is 11.4. The lowest BCUT2D eigenvalue weighted by Gasteiger charge is -2.39. The van der Waals surface area contributed by atoms with E-state index in [2.05, 4.69) is 20.8 Å². The second-order valence-electron chi connectivity index (χ2n) is 6.38. The maximum Gasteiger partial charge on any atom is 0.229 e. The van der Waals surface area contributed by atoms with E-state index in [1.54, 1.807) is 0 Å². The molecule has 1 saturated carbocycles. The van der Waals surface area contributed by atoms with Crippen LogP contribution in [0.4, 0.5) is 0 Å². The van der Waals surface area contributed by atoms with Gasteiger partial charge in [0.1, 0.15) is 0 Å². The third kappa shape index (κ3) is 1.39. The average molecular weight is 224 g/mol. The molecule has 0 aromatic rings. The summed E-state index contributed by atoms with van der Waals surface area (Å²) in [6, 6.07) is 0. The van der Waals surface area contributed by atoms with Crippen LogP contribution in [-0.2, 0) is 9.47 Å². The van der Waals surface area contributed by atoms with Crippen molar-refractivity contribution in [3.05, 3.63) is 0 Å². The van der Waals surface area contributed by atoms with E-state index in [0.29, 0.717) is 5.41 Å². The van der Waals surface area contributed by atoms with Crippen LogP contribution in [0.3, 0.4) is 0 Å². The number of hydrogen-bond donors (Lipinski definition) is 0. The van der Waals surface area contributed by atoms with Gasteiger partial charge in [-0.3, -0.25) is 0 Å². The fourth-order valence-electron chi connectivity index (χ4n) is 3.64. The number of epoxide rings is 2. The van der Waals surface area contributed by atoms with Gasteiger partial charge < -0.3 is 9.47 Å². The molecule has 2 heteroatoms. The molecule has 0 amide bonds. The first-order chi connectivity index (χ1) is 7.56. The molecule has 2 saturated heterocycles. The molecule has 1 unspecified atom stereocenters. The summed E-state index contributed by atoms with van der Waals surface area (Å²) in [6.45, 7) is 7.01. The molecule has 2 aliphatic heterocycles. The Labute approximate surface area is 98.7 Å². The summed E-state index contributed by atoms with van der Waals surface area (Å²) in [7, 11) is 0. The number of fused-ring (bicyclic) bond motifs is 1. The molecule has 0 bridgehead atoms. The van der Waals surface area contributed by atoms with Gasteiger partial charge in [-0.15, -0.1) is 0 Å². The van der Waals surface area contributed by atoms with Crippen LogP contribution in [0.2, 0.25) is 0 Å². The van der Waals surface area contributed by atoms with E-state index in [-0.39, 0.29) is 11.6 Å². The van der Waals surface area contributed by atoms with Crippen molar-refractivity contribution < 1.29 is 9.47 Å². The van der Waals surface area contributed by atoms with Gasteiger partial charge in [0.15, 0.2) is 0 Å². The molecule has 3 aliphatic rings. The van der Waals surface area contributed by atoms with Gasteiger partial charge in [-0.1, -0.05) is 40.0 Å². The maximum atomic E-state index is 5.71. The predicted molar refractivity (Wildman–Crippen MR) is 62.9 cm³/mol. The monoisotopic (exact) mass is 224 g/mol. The smallest absolute Gasteiger partial charge is 0.229 e. The Morgan fingerprint density at radius 2 is 1.69 bits per heavy atom. The molecular formula is C14H24O2. The summed E-state index contributed by atoms with van der Waals surface area (Å²) in [5.74, 6) is 0.456. The molecule has 0 spiro atoms. The van der Waals surface area contributed by atoms with Crippen LogP contribution in [0.15, 0.2) is 0 Å². The average Bonchev–Trinajstić information content (AvgIpc) is 3.05. The minimum atomic E-state index is -0.137. The fourth-order valence-corrected chi connectivity index (χ4v) is 3.64. The third-order valence-electron chi connectivity index (χ3n) is 5.38. The molecule has 0 N–H and O–H groups in total. The zero-order chi connectivity index (χ0) is 11.4. The second-order valence-corrected chi connectivity index (χ2v) is 6.38. The van der Waals surface area contributed by atoms with E-state index in [9.17, 15) is 0 Å². The van der Waals surface area contributed by atoms with Crippen LogP contribution >= 0.6 is 0 Å². The minimum Gasteiger partial charge on any atom is -0.307 e. The van der Waals surface area contributed by atoms with Crippen molar-refractivity contribution >= 4 is 0 Å². The Kier molecular flexibility index (Phi) is 2.23. The first-order valence-corrected chi connectivity index (χ1v) is 6.96. The van der Waals surface area contributed by atoms with Gasteiger partial charge in [0, 0.05) is 12.8 Å². The van der Waals surface area contributed by atoms with Crippen LogP contribution in [0, 0.1) is 11.3 Å². The van der Waals surface area contributed by atoms with E-state index in [1.807, 2.05) is 0 Å². The summed E-state index contributed by atoms with van der Waals surface area (Å²) in [5, 5.41) is 0. The molecule has 3 rings (SSSR count). The largest absolute Gasteiger partial charge is 0.307 e. The van der Waals surface area contributed by atoms with Crippen molar-refractivity contribution in [2.75, 3.05) is 0 Å². The van der Waals surface area contributed by atoms with Gasteiger partial charge in [-0.05, 0) is 24.2 Å². The fraction of sp³-hybridized carbons (Fsp3) is 1.00. The van der Waals surface area contributed by atoms with Gasteiger partial charge >= 0.3 is 0 Å². The van der Waals surface area contributed by atoms with Crippen LogP contribution in [-0.4, -0.2) is 11.6 Å². The van der Waals surface area contributed by atoms with Crippen molar-refractivity contribution in [3.63, 3.8) is 0 Å². The Morgan fingerprint density at radius 1 is 1.06 bits per heavy atom. The lowest BCUT2D eigenvalue weighted by Crippen LogP contribution is -2.30. The van der Waals surface area contributed by atoms with E-state index in [1.165, 1.54) is 32.1 Å². The van der Waals surface area contributed by atoms with E-state index in [4.69, 9.17) is 9.47 Å². The molecule has 0 aromatic heterocycles. The Morgan fingerprint density at radius 3 is 2.19 bits per heavy atom. The van der Waals surface area contributed by atoms with Crippen molar-refractivity contribution in [1.82, 2.24) is 0 Å². The van der Waals surface area contributed by atoms with Crippen molar-refractivity contribution in [1.29, 1.82) is 0 Å². The summed E-state index contributed by atoms with van der Waals surface area (Å²) in [6.07, 6.45) is 9.16. The summed E-state index contributed by atoms with van der Waals surface area (Å²) in [4.78, 5) is 0. The molecule has 92 valence electrons. The molecule has 16 heavy (non-hydrogen) atoms. The number of rotatable bonds is 4. The lowest BCUT2D eigenvalue weighted by atomic mass is 9.66. The molecule has 3 fully saturated rings. The highest BCUT2D eigenvalue weighted by Gasteiger charge is 2.89. The van der Waals surface area contributed by atoms with E-state index < -0.39 is 0 Å².